The first-order valence-electron chi connectivity index (χ1n) is 16.3. The van der Waals surface area contributed by atoms with E-state index in [2.05, 4.69) is 83.1 Å². The number of rotatable bonds is 14. The monoisotopic (exact) mass is 640 g/mol. The lowest BCUT2D eigenvalue weighted by molar-refractivity contribution is 0.0536. The van der Waals surface area contributed by atoms with Crippen LogP contribution < -0.4 is 14.2 Å². The Morgan fingerprint density at radius 3 is 1.23 bits per heavy atom. The Kier molecular flexibility index (Phi) is 11.3. The quantitative estimate of drug-likeness (QED) is 0.150. The van der Waals surface area contributed by atoms with Crippen molar-refractivity contribution in [1.82, 2.24) is 0 Å². The van der Waals surface area contributed by atoms with Crippen molar-refractivity contribution in [2.45, 2.75) is 63.8 Å². The molecule has 2 fully saturated rings. The molecule has 2 aliphatic heterocycles. The highest BCUT2D eigenvalue weighted by atomic mass is 16.6. The van der Waals surface area contributed by atoms with Gasteiger partial charge in [0.25, 0.3) is 0 Å². The summed E-state index contributed by atoms with van der Waals surface area (Å²) in [6.45, 7) is 13.6. The van der Waals surface area contributed by atoms with Crippen molar-refractivity contribution < 1.29 is 33.9 Å². The first-order valence-corrected chi connectivity index (χ1v) is 16.3. The topological polar surface area (TPSA) is 93.2 Å². The zero-order valence-electron chi connectivity index (χ0n) is 28.1. The van der Waals surface area contributed by atoms with Gasteiger partial charge in [-0.1, -0.05) is 93.9 Å². The van der Waals surface area contributed by atoms with Crippen molar-refractivity contribution in [3.8, 4) is 17.2 Å². The molecule has 7 nitrogen and oxygen atoms in total. The third-order valence-corrected chi connectivity index (χ3v) is 8.83. The summed E-state index contributed by atoms with van der Waals surface area (Å²) in [4.78, 5) is 0. The van der Waals surface area contributed by atoms with Crippen LogP contribution in [-0.4, -0.2) is 68.2 Å². The van der Waals surface area contributed by atoms with Gasteiger partial charge in [-0.3, -0.25) is 0 Å². The molecule has 0 saturated carbocycles. The summed E-state index contributed by atoms with van der Waals surface area (Å²) in [5, 5.41) is 18.2. The maximum Gasteiger partial charge on any atom is 0.119 e. The molecule has 4 aromatic rings. The number of aliphatic hydroxyl groups excluding tert-OH is 2. The maximum absolute atomic E-state index is 9.35. The van der Waals surface area contributed by atoms with Gasteiger partial charge in [0.15, 0.2) is 0 Å². The highest BCUT2D eigenvalue weighted by Gasteiger charge is 2.26. The Balaban J connectivity index is 0.000000189. The van der Waals surface area contributed by atoms with Crippen LogP contribution in [0.15, 0.2) is 97.1 Å². The molecule has 0 spiro atoms. The molecule has 0 radical (unpaired) electrons. The van der Waals surface area contributed by atoms with Crippen molar-refractivity contribution in [2.24, 2.45) is 0 Å². The average molecular weight is 641 g/mol. The van der Waals surface area contributed by atoms with E-state index >= 15 is 0 Å². The molecule has 7 heteroatoms. The summed E-state index contributed by atoms with van der Waals surface area (Å²) in [6.07, 6.45) is -0.308. The van der Waals surface area contributed by atoms with E-state index in [-0.39, 0.29) is 30.1 Å². The summed E-state index contributed by atoms with van der Waals surface area (Å²) >= 11 is 0. The fraction of sp³-hybridized carbons (Fsp3) is 0.400. The van der Waals surface area contributed by atoms with Gasteiger partial charge in [-0.05, 0) is 65.6 Å². The third kappa shape index (κ3) is 9.81. The van der Waals surface area contributed by atoms with Crippen molar-refractivity contribution in [3.63, 3.8) is 0 Å². The number of hydrogen-bond acceptors (Lipinski definition) is 7. The fourth-order valence-corrected chi connectivity index (χ4v) is 5.16. The van der Waals surface area contributed by atoms with Gasteiger partial charge in [-0.2, -0.15) is 0 Å². The molecule has 3 unspecified atom stereocenters. The van der Waals surface area contributed by atoms with Gasteiger partial charge in [0.1, 0.15) is 55.4 Å². The first-order chi connectivity index (χ1) is 22.5. The van der Waals surface area contributed by atoms with Crippen LogP contribution in [0.3, 0.4) is 0 Å². The van der Waals surface area contributed by atoms with E-state index < -0.39 is 6.10 Å². The van der Waals surface area contributed by atoms with Crippen LogP contribution in [0.2, 0.25) is 0 Å². The van der Waals surface area contributed by atoms with Crippen LogP contribution in [0.1, 0.15) is 55.5 Å². The van der Waals surface area contributed by atoms with E-state index in [1.165, 1.54) is 22.3 Å². The molecular formula is C40H48O7. The van der Waals surface area contributed by atoms with Gasteiger partial charge in [-0.15, -0.1) is 0 Å². The molecule has 2 heterocycles. The van der Waals surface area contributed by atoms with Gasteiger partial charge in [0, 0.05) is 10.8 Å². The first kappa shape index (κ1) is 34.5. The van der Waals surface area contributed by atoms with Crippen LogP contribution in [-0.2, 0) is 20.3 Å². The standard InChI is InChI=1S/C21H26O5.C19H22O2/c1-21(2,15-3-7-18(8-4-15)24-12-17(23)11-22)16-5-9-19(10-6-16)25-13-20-14-26-20;1-14-4-6-15(7-5-14)19(2,3)16-8-10-17(11-9-16)20-12-18-13-21-18/h3-10,17,20,22-23H,11-14H2,1-2H3;4-11,18H,12-13H2,1-3H3. The zero-order chi connectivity index (χ0) is 33.4. The smallest absolute Gasteiger partial charge is 0.119 e. The predicted octanol–water partition coefficient (Wildman–Crippen LogP) is 6.62. The Bertz CT molecular complexity index is 1520. The van der Waals surface area contributed by atoms with Gasteiger partial charge in [0.2, 0.25) is 0 Å². The van der Waals surface area contributed by atoms with Gasteiger partial charge >= 0.3 is 0 Å². The summed E-state index contributed by atoms with van der Waals surface area (Å²) in [6, 6.07) is 33.2. The van der Waals surface area contributed by atoms with Crippen molar-refractivity contribution in [2.75, 3.05) is 39.6 Å². The van der Waals surface area contributed by atoms with Gasteiger partial charge < -0.3 is 33.9 Å². The second-order valence-electron chi connectivity index (χ2n) is 13.4. The van der Waals surface area contributed by atoms with Crippen LogP contribution in [0.5, 0.6) is 17.2 Å². The van der Waals surface area contributed by atoms with Crippen LogP contribution in [0.4, 0.5) is 0 Å². The van der Waals surface area contributed by atoms with Crippen molar-refractivity contribution in [3.05, 3.63) is 125 Å². The number of aryl methyl sites for hydroxylation is 1. The Morgan fingerprint density at radius 2 is 0.915 bits per heavy atom. The molecule has 2 saturated heterocycles. The van der Waals surface area contributed by atoms with Crippen LogP contribution in [0.25, 0.3) is 0 Å². The SMILES string of the molecule is CC(C)(c1ccc(OCC(O)CO)cc1)c1ccc(OCC2CO2)cc1.Cc1ccc(C(C)(C)c2ccc(OCC3CO3)cc2)cc1. The van der Waals surface area contributed by atoms with E-state index in [1.54, 1.807) is 0 Å². The number of benzene rings is 4. The van der Waals surface area contributed by atoms with E-state index in [4.69, 9.17) is 28.8 Å². The third-order valence-electron chi connectivity index (χ3n) is 8.83. The molecule has 0 aromatic heterocycles. The van der Waals surface area contributed by atoms with Crippen LogP contribution in [0, 0.1) is 6.92 Å². The van der Waals surface area contributed by atoms with Crippen LogP contribution >= 0.6 is 0 Å². The average Bonchev–Trinajstić information content (AvgIpc) is 4.03. The largest absolute Gasteiger partial charge is 0.491 e. The van der Waals surface area contributed by atoms with E-state index in [0.29, 0.717) is 25.1 Å². The number of epoxide rings is 2. The fourth-order valence-electron chi connectivity index (χ4n) is 5.16. The molecule has 47 heavy (non-hydrogen) atoms. The highest BCUT2D eigenvalue weighted by Crippen LogP contribution is 2.34. The summed E-state index contributed by atoms with van der Waals surface area (Å²) in [7, 11) is 0. The lowest BCUT2D eigenvalue weighted by Crippen LogP contribution is -2.21. The minimum atomic E-state index is -0.863. The second kappa shape index (κ2) is 15.3. The summed E-state index contributed by atoms with van der Waals surface area (Å²) in [5.41, 5.74) is 6.09. The molecule has 4 aromatic carbocycles. The molecule has 2 aliphatic rings. The second-order valence-corrected chi connectivity index (χ2v) is 13.4. The molecule has 0 aliphatic carbocycles. The van der Waals surface area contributed by atoms with E-state index in [0.717, 1.165) is 30.3 Å². The number of hydrogen-bond donors (Lipinski definition) is 2. The van der Waals surface area contributed by atoms with Crippen molar-refractivity contribution >= 4 is 0 Å². The van der Waals surface area contributed by atoms with Gasteiger partial charge in [-0.25, -0.2) is 0 Å². The van der Waals surface area contributed by atoms with E-state index in [1.807, 2.05) is 48.5 Å². The zero-order valence-corrected chi connectivity index (χ0v) is 28.1. The predicted molar refractivity (Wildman–Crippen MR) is 184 cm³/mol. The molecule has 250 valence electrons. The molecule has 3 atom stereocenters. The Labute approximate surface area is 279 Å². The number of ether oxygens (including phenoxy) is 5. The Morgan fingerprint density at radius 1 is 0.596 bits per heavy atom. The number of aliphatic hydroxyl groups is 2. The lowest BCUT2D eigenvalue weighted by Gasteiger charge is -2.26. The normalized spacial score (nSPS) is 17.6. The molecule has 6 rings (SSSR count). The minimum absolute atomic E-state index is 0.00810. The summed E-state index contributed by atoms with van der Waals surface area (Å²) < 4.78 is 27.2. The molecule has 0 amide bonds. The Hall–Kier alpha value is -3.88. The van der Waals surface area contributed by atoms with Crippen molar-refractivity contribution in [1.29, 1.82) is 0 Å². The molecule has 0 bridgehead atoms. The summed E-state index contributed by atoms with van der Waals surface area (Å²) in [5.74, 6) is 2.43. The lowest BCUT2D eigenvalue weighted by atomic mass is 9.78. The molecular weight excluding hydrogens is 592 g/mol. The van der Waals surface area contributed by atoms with Gasteiger partial charge in [0.05, 0.1) is 19.8 Å². The van der Waals surface area contributed by atoms with E-state index in [9.17, 15) is 5.11 Å². The highest BCUT2D eigenvalue weighted by molar-refractivity contribution is 5.42. The molecule has 2 N–H and O–H groups in total. The maximum atomic E-state index is 9.35. The minimum Gasteiger partial charge on any atom is -0.491 e.